The van der Waals surface area contributed by atoms with E-state index in [1.807, 2.05) is 6.07 Å². The number of hydrogen-bond donors (Lipinski definition) is 2. The van der Waals surface area contributed by atoms with Crippen LogP contribution in [0.15, 0.2) is 18.2 Å². The number of nitrogen functional groups attached to an aromatic ring is 1. The molecule has 0 saturated carbocycles. The summed E-state index contributed by atoms with van der Waals surface area (Å²) >= 11 is 0. The number of benzene rings is 1. The number of nitrogens with one attached hydrogen (secondary N) is 1. The molecular formula is C13H18N2O4. The Bertz CT molecular complexity index is 444. The highest BCUT2D eigenvalue weighted by Gasteiger charge is 2.17. The lowest BCUT2D eigenvalue weighted by molar-refractivity contribution is -0.183. The number of amides is 1. The van der Waals surface area contributed by atoms with Crippen LogP contribution in [0, 0.1) is 0 Å². The molecule has 6 heteroatoms. The van der Waals surface area contributed by atoms with Crippen LogP contribution in [0.4, 0.5) is 5.69 Å². The van der Waals surface area contributed by atoms with E-state index in [0.29, 0.717) is 24.7 Å². The molecule has 0 atom stereocenters. The van der Waals surface area contributed by atoms with Crippen LogP contribution in [0.3, 0.4) is 0 Å². The predicted molar refractivity (Wildman–Crippen MR) is 69.7 cm³/mol. The first kappa shape index (κ1) is 13.6. The van der Waals surface area contributed by atoms with E-state index in [1.165, 1.54) is 0 Å². The lowest BCUT2D eigenvalue weighted by Gasteiger charge is -2.24. The zero-order valence-electron chi connectivity index (χ0n) is 10.8. The van der Waals surface area contributed by atoms with Crippen molar-refractivity contribution in [3.05, 3.63) is 23.8 Å². The molecule has 0 aromatic heterocycles. The van der Waals surface area contributed by atoms with E-state index >= 15 is 0 Å². The molecule has 0 radical (unpaired) electrons. The Balaban J connectivity index is 2.01. The highest BCUT2D eigenvalue weighted by molar-refractivity contribution is 5.77. The second-order valence-corrected chi connectivity index (χ2v) is 4.19. The summed E-state index contributed by atoms with van der Waals surface area (Å²) in [5, 5.41) is 2.47. The van der Waals surface area contributed by atoms with Crippen molar-refractivity contribution < 1.29 is 19.0 Å². The topological polar surface area (TPSA) is 82.8 Å². The van der Waals surface area contributed by atoms with Crippen LogP contribution in [0.5, 0.6) is 5.75 Å². The highest BCUT2D eigenvalue weighted by atomic mass is 16.7. The number of carbonyl (C=O) groups excluding carboxylic acids is 1. The third kappa shape index (κ3) is 3.59. The Morgan fingerprint density at radius 1 is 1.47 bits per heavy atom. The van der Waals surface area contributed by atoms with E-state index in [0.717, 1.165) is 12.0 Å². The van der Waals surface area contributed by atoms with Gasteiger partial charge < -0.3 is 25.3 Å². The van der Waals surface area contributed by atoms with Crippen molar-refractivity contribution in [1.29, 1.82) is 0 Å². The zero-order valence-corrected chi connectivity index (χ0v) is 10.8. The summed E-state index contributed by atoms with van der Waals surface area (Å²) in [5.74, 6) is 0.269. The summed E-state index contributed by atoms with van der Waals surface area (Å²) < 4.78 is 16.3. The molecule has 0 aliphatic carbocycles. The number of carbonyl (C=O) groups is 1. The molecular weight excluding hydrogens is 248 g/mol. The maximum Gasteiger partial charge on any atom is 0.257 e. The molecule has 19 heavy (non-hydrogen) atoms. The second-order valence-electron chi connectivity index (χ2n) is 4.19. The van der Waals surface area contributed by atoms with Gasteiger partial charge in [-0.1, -0.05) is 6.07 Å². The molecule has 1 fully saturated rings. The Hall–Kier alpha value is -1.79. The zero-order chi connectivity index (χ0) is 13.7. The van der Waals surface area contributed by atoms with Crippen LogP contribution in [0.2, 0.25) is 0 Å². The SMILES string of the molecule is CNC(=O)COc1ccc(C2OCCCO2)cc1N. The minimum Gasteiger partial charge on any atom is -0.482 e. The van der Waals surface area contributed by atoms with E-state index < -0.39 is 0 Å². The Labute approximate surface area is 111 Å². The van der Waals surface area contributed by atoms with Gasteiger partial charge in [0.2, 0.25) is 0 Å². The number of likely N-dealkylation sites (N-methyl/N-ethyl adjacent to an activating group) is 1. The normalized spacial score (nSPS) is 16.1. The summed E-state index contributed by atoms with van der Waals surface area (Å²) in [6, 6.07) is 5.29. The number of nitrogens with two attached hydrogens (primary N) is 1. The maximum atomic E-state index is 11.1. The van der Waals surface area contributed by atoms with Gasteiger partial charge in [-0.25, -0.2) is 0 Å². The molecule has 0 spiro atoms. The van der Waals surface area contributed by atoms with Crippen molar-refractivity contribution in [3.8, 4) is 5.75 Å². The Kier molecular flexibility index (Phi) is 4.59. The smallest absolute Gasteiger partial charge is 0.257 e. The first-order valence-corrected chi connectivity index (χ1v) is 6.16. The van der Waals surface area contributed by atoms with Crippen LogP contribution in [-0.4, -0.2) is 32.8 Å². The number of hydrogen-bond acceptors (Lipinski definition) is 5. The molecule has 1 saturated heterocycles. The van der Waals surface area contributed by atoms with Gasteiger partial charge in [-0.05, 0) is 18.6 Å². The van der Waals surface area contributed by atoms with Gasteiger partial charge in [0.25, 0.3) is 5.91 Å². The van der Waals surface area contributed by atoms with Gasteiger partial charge in [-0.3, -0.25) is 4.79 Å². The van der Waals surface area contributed by atoms with Gasteiger partial charge in [0.05, 0.1) is 18.9 Å². The monoisotopic (exact) mass is 266 g/mol. The van der Waals surface area contributed by atoms with Gasteiger partial charge in [-0.15, -0.1) is 0 Å². The Morgan fingerprint density at radius 3 is 2.84 bits per heavy atom. The highest BCUT2D eigenvalue weighted by Crippen LogP contribution is 2.29. The average Bonchev–Trinajstić information content (AvgIpc) is 2.46. The van der Waals surface area contributed by atoms with Crippen molar-refractivity contribution in [1.82, 2.24) is 5.32 Å². The fourth-order valence-electron chi connectivity index (χ4n) is 1.74. The van der Waals surface area contributed by atoms with E-state index in [1.54, 1.807) is 19.2 Å². The maximum absolute atomic E-state index is 11.1. The molecule has 104 valence electrons. The minimum absolute atomic E-state index is 0.0591. The third-order valence-electron chi connectivity index (χ3n) is 2.77. The van der Waals surface area contributed by atoms with Crippen molar-refractivity contribution in [3.63, 3.8) is 0 Å². The molecule has 1 heterocycles. The van der Waals surface area contributed by atoms with Crippen LogP contribution in [-0.2, 0) is 14.3 Å². The molecule has 1 aromatic carbocycles. The summed E-state index contributed by atoms with van der Waals surface area (Å²) in [6.45, 7) is 1.30. The van der Waals surface area contributed by atoms with Crippen molar-refractivity contribution in [2.45, 2.75) is 12.7 Å². The largest absolute Gasteiger partial charge is 0.482 e. The lowest BCUT2D eigenvalue weighted by atomic mass is 10.1. The Morgan fingerprint density at radius 2 is 2.21 bits per heavy atom. The number of rotatable bonds is 4. The molecule has 3 N–H and O–H groups in total. The van der Waals surface area contributed by atoms with Crippen LogP contribution in [0.25, 0.3) is 0 Å². The predicted octanol–water partition coefficient (Wildman–Crippen LogP) is 0.829. The van der Waals surface area contributed by atoms with Crippen molar-refractivity contribution >= 4 is 11.6 Å². The fourth-order valence-corrected chi connectivity index (χ4v) is 1.74. The van der Waals surface area contributed by atoms with Gasteiger partial charge in [-0.2, -0.15) is 0 Å². The van der Waals surface area contributed by atoms with E-state index in [4.69, 9.17) is 19.9 Å². The summed E-state index contributed by atoms with van der Waals surface area (Å²) in [4.78, 5) is 11.1. The molecule has 1 aromatic rings. The molecule has 0 unspecified atom stereocenters. The molecule has 2 rings (SSSR count). The van der Waals surface area contributed by atoms with Gasteiger partial charge in [0, 0.05) is 12.6 Å². The molecule has 6 nitrogen and oxygen atoms in total. The first-order valence-electron chi connectivity index (χ1n) is 6.16. The van der Waals surface area contributed by atoms with Gasteiger partial charge in [0.15, 0.2) is 12.9 Å². The van der Waals surface area contributed by atoms with Gasteiger partial charge in [0.1, 0.15) is 5.75 Å². The average molecular weight is 266 g/mol. The van der Waals surface area contributed by atoms with E-state index in [-0.39, 0.29) is 18.8 Å². The molecule has 0 bridgehead atoms. The quantitative estimate of drug-likeness (QED) is 0.789. The summed E-state index contributed by atoms with van der Waals surface area (Å²) in [5.41, 5.74) is 7.20. The van der Waals surface area contributed by atoms with Crippen LogP contribution >= 0.6 is 0 Å². The summed E-state index contributed by atoms with van der Waals surface area (Å²) in [7, 11) is 1.55. The summed E-state index contributed by atoms with van der Waals surface area (Å²) in [6.07, 6.45) is 0.531. The van der Waals surface area contributed by atoms with E-state index in [9.17, 15) is 4.79 Å². The van der Waals surface area contributed by atoms with Crippen LogP contribution < -0.4 is 15.8 Å². The molecule has 1 amide bonds. The van der Waals surface area contributed by atoms with Crippen molar-refractivity contribution in [2.24, 2.45) is 0 Å². The molecule has 1 aliphatic heterocycles. The molecule has 1 aliphatic rings. The minimum atomic E-state index is -0.371. The van der Waals surface area contributed by atoms with Crippen molar-refractivity contribution in [2.75, 3.05) is 32.6 Å². The standard InChI is InChI=1S/C13H18N2O4/c1-15-12(16)8-19-11-4-3-9(7-10(11)14)13-17-5-2-6-18-13/h3-4,7,13H,2,5-6,8,14H2,1H3,(H,15,16). The number of anilines is 1. The second kappa shape index (κ2) is 6.40. The van der Waals surface area contributed by atoms with Crippen LogP contribution in [0.1, 0.15) is 18.3 Å². The fraction of sp³-hybridized carbons (Fsp3) is 0.462. The lowest BCUT2D eigenvalue weighted by Crippen LogP contribution is -2.25. The number of ether oxygens (including phenoxy) is 3. The van der Waals surface area contributed by atoms with Gasteiger partial charge >= 0.3 is 0 Å². The first-order chi connectivity index (χ1) is 9.20. The van der Waals surface area contributed by atoms with E-state index in [2.05, 4.69) is 5.32 Å². The third-order valence-corrected chi connectivity index (χ3v) is 2.77.